The van der Waals surface area contributed by atoms with Crippen LogP contribution >= 0.6 is 10.0 Å². The average Bonchev–Trinajstić information content (AvgIpc) is 3.47. The van der Waals surface area contributed by atoms with Gasteiger partial charge in [-0.1, -0.05) is 25.1 Å². The summed E-state index contributed by atoms with van der Waals surface area (Å²) >= 11 is 0. The van der Waals surface area contributed by atoms with Crippen molar-refractivity contribution in [1.82, 2.24) is 19.5 Å². The normalized spacial score (nSPS) is 20.4. The molecule has 2 saturated heterocycles. The van der Waals surface area contributed by atoms with Crippen molar-refractivity contribution in [3.63, 3.8) is 0 Å². The lowest BCUT2D eigenvalue weighted by Crippen LogP contribution is -2.41. The lowest BCUT2D eigenvalue weighted by Gasteiger charge is -2.34. The molecule has 4 heterocycles. The molecule has 41 heavy (non-hydrogen) atoms. The summed E-state index contributed by atoms with van der Waals surface area (Å²) in [5.74, 6) is 0.632. The second-order valence-corrected chi connectivity index (χ2v) is 16.5. The van der Waals surface area contributed by atoms with Gasteiger partial charge in [-0.25, -0.2) is 22.8 Å². The summed E-state index contributed by atoms with van der Waals surface area (Å²) in [5, 5.41) is 4.32. The summed E-state index contributed by atoms with van der Waals surface area (Å²) in [5.41, 5.74) is -4.44. The number of pyridine rings is 1. The molecule has 0 radical (unpaired) electrons. The van der Waals surface area contributed by atoms with E-state index in [9.17, 15) is 26.4 Å². The molecule has 222 valence electrons. The molecule has 1 aromatic carbocycles. The molecule has 0 saturated carbocycles. The van der Waals surface area contributed by atoms with Gasteiger partial charge in [0.05, 0.1) is 17.1 Å². The molecule has 2 aliphatic heterocycles. The second kappa shape index (κ2) is 10.5. The number of carbonyl (C=O) groups excluding carboxylic acids is 1. The first-order chi connectivity index (χ1) is 19.2. The fourth-order valence-corrected chi connectivity index (χ4v) is 8.51. The molecule has 2 aliphatic rings. The Bertz CT molecular complexity index is 1540. The van der Waals surface area contributed by atoms with E-state index in [1.807, 2.05) is 18.7 Å². The summed E-state index contributed by atoms with van der Waals surface area (Å²) in [6.07, 6.45) is 2.41. The number of rotatable bonds is 9. The van der Waals surface area contributed by atoms with E-state index in [0.717, 1.165) is 6.42 Å². The minimum Gasteiger partial charge on any atom is -0.476 e. The van der Waals surface area contributed by atoms with Crippen LogP contribution in [0.4, 0.5) is 19.0 Å². The number of carbonyl (C=O) groups is 1. The number of nitrogens with one attached hydrogen (secondary N) is 1. The SMILES string of the molecule is C[C@@H]1CN(c2nc(-n3ccc(OCCS4(C(F)(F)F)CC4)n3)ccc2C(=O)NS(=O)(=O)c2ccccc2)C(C)(C)C1. The van der Waals surface area contributed by atoms with Gasteiger partial charge in [-0.15, -0.1) is 15.1 Å². The molecule has 5 rings (SSSR count). The first-order valence-corrected chi connectivity index (χ1v) is 16.8. The van der Waals surface area contributed by atoms with Crippen LogP contribution in [0.2, 0.25) is 0 Å². The molecule has 0 bridgehead atoms. The number of aromatic nitrogens is 3. The number of sulfonamides is 1. The fraction of sp³-hybridized carbons (Fsp3) is 0.444. The van der Waals surface area contributed by atoms with Crippen LogP contribution in [-0.4, -0.2) is 70.5 Å². The van der Waals surface area contributed by atoms with Crippen LogP contribution in [0.25, 0.3) is 5.82 Å². The van der Waals surface area contributed by atoms with Crippen molar-refractivity contribution in [2.45, 2.75) is 43.1 Å². The summed E-state index contributed by atoms with van der Waals surface area (Å²) in [7, 11) is -6.72. The average molecular weight is 612 g/mol. The Hall–Kier alpha value is -3.26. The number of hydrogen-bond donors (Lipinski definition) is 1. The standard InChI is InChI=1S/C27H32F3N5O4S2/c1-19-17-26(2,3)34(18-19)24-21(25(36)33-41(37,38)20-7-5-4-6-8-20)9-10-22(31-24)35-12-11-23(32-35)39-13-14-40(15-16-40)27(28,29)30/h4-12,19H,13-18H2,1-3H3,(H,33,36)/t19-/m0/s1. The molecular weight excluding hydrogens is 579 g/mol. The maximum absolute atomic E-state index is 13.4. The van der Waals surface area contributed by atoms with Crippen LogP contribution in [0.15, 0.2) is 59.6 Å². The van der Waals surface area contributed by atoms with Crippen molar-refractivity contribution >= 4 is 31.8 Å². The van der Waals surface area contributed by atoms with Gasteiger partial charge in [0, 0.05) is 30.1 Å². The number of hydrogen-bond acceptors (Lipinski definition) is 7. The molecule has 9 nitrogen and oxygen atoms in total. The van der Waals surface area contributed by atoms with Crippen molar-refractivity contribution in [3.8, 4) is 11.7 Å². The summed E-state index contributed by atoms with van der Waals surface area (Å²) in [4.78, 5) is 20.0. The smallest absolute Gasteiger partial charge is 0.426 e. The van der Waals surface area contributed by atoms with Crippen molar-refractivity contribution in [1.29, 1.82) is 0 Å². The third-order valence-corrected chi connectivity index (χ3v) is 12.1. The molecule has 3 aromatic rings. The highest BCUT2D eigenvalue weighted by molar-refractivity contribution is 8.40. The summed E-state index contributed by atoms with van der Waals surface area (Å²) < 4.78 is 74.6. The Morgan fingerprint density at radius 1 is 1.15 bits per heavy atom. The van der Waals surface area contributed by atoms with E-state index >= 15 is 0 Å². The van der Waals surface area contributed by atoms with Crippen LogP contribution in [-0.2, 0) is 10.0 Å². The van der Waals surface area contributed by atoms with Gasteiger partial charge in [0.1, 0.15) is 5.82 Å². The molecule has 0 aliphatic carbocycles. The van der Waals surface area contributed by atoms with Crippen molar-refractivity contribution in [2.75, 3.05) is 35.3 Å². The van der Waals surface area contributed by atoms with E-state index in [4.69, 9.17) is 9.72 Å². The summed E-state index contributed by atoms with van der Waals surface area (Å²) in [6, 6.07) is 12.2. The van der Waals surface area contributed by atoms with E-state index in [2.05, 4.69) is 16.7 Å². The topological polar surface area (TPSA) is 106 Å². The van der Waals surface area contributed by atoms with Gasteiger partial charge in [0.2, 0.25) is 5.88 Å². The van der Waals surface area contributed by atoms with Gasteiger partial charge in [-0.05, 0) is 62.0 Å². The Labute approximate surface area is 238 Å². The van der Waals surface area contributed by atoms with Crippen molar-refractivity contribution in [3.05, 3.63) is 60.3 Å². The lowest BCUT2D eigenvalue weighted by atomic mass is 9.97. The van der Waals surface area contributed by atoms with Gasteiger partial charge in [0.15, 0.2) is 5.82 Å². The number of amides is 1. The predicted octanol–water partition coefficient (Wildman–Crippen LogP) is 4.73. The third kappa shape index (κ3) is 6.03. The van der Waals surface area contributed by atoms with E-state index in [0.29, 0.717) is 24.1 Å². The maximum atomic E-state index is 13.4. The van der Waals surface area contributed by atoms with Crippen LogP contribution in [0.1, 0.15) is 37.6 Å². The zero-order chi connectivity index (χ0) is 29.6. The van der Waals surface area contributed by atoms with Gasteiger partial charge in [-0.2, -0.15) is 13.2 Å². The predicted molar refractivity (Wildman–Crippen MR) is 151 cm³/mol. The number of benzene rings is 1. The van der Waals surface area contributed by atoms with Gasteiger partial charge >= 0.3 is 5.51 Å². The molecule has 1 atom stereocenters. The van der Waals surface area contributed by atoms with Gasteiger partial charge in [0.25, 0.3) is 15.9 Å². The highest BCUT2D eigenvalue weighted by atomic mass is 32.3. The molecule has 0 spiro atoms. The minimum absolute atomic E-state index is 0.0388. The van der Waals surface area contributed by atoms with E-state index in [-0.39, 0.29) is 45.7 Å². The number of anilines is 1. The fourth-order valence-electron chi connectivity index (χ4n) is 5.21. The van der Waals surface area contributed by atoms with Crippen LogP contribution in [0.3, 0.4) is 0 Å². The lowest BCUT2D eigenvalue weighted by molar-refractivity contribution is -0.0363. The molecule has 2 fully saturated rings. The van der Waals surface area contributed by atoms with Crippen molar-refractivity contribution < 1.29 is 31.1 Å². The Kier molecular flexibility index (Phi) is 7.51. The highest BCUT2D eigenvalue weighted by Crippen LogP contribution is 2.72. The first-order valence-electron chi connectivity index (χ1n) is 13.1. The Morgan fingerprint density at radius 2 is 1.85 bits per heavy atom. The van der Waals surface area contributed by atoms with Gasteiger partial charge < -0.3 is 9.64 Å². The third-order valence-electron chi connectivity index (χ3n) is 7.43. The van der Waals surface area contributed by atoms with Crippen LogP contribution in [0, 0.1) is 5.92 Å². The van der Waals surface area contributed by atoms with E-state index in [1.54, 1.807) is 30.5 Å². The number of nitrogens with zero attached hydrogens (tertiary/aromatic N) is 4. The monoisotopic (exact) mass is 611 g/mol. The molecule has 2 aromatic heterocycles. The molecule has 14 heteroatoms. The van der Waals surface area contributed by atoms with E-state index < -0.39 is 31.5 Å². The summed E-state index contributed by atoms with van der Waals surface area (Å²) in [6.45, 7) is 6.67. The molecule has 0 unspecified atom stereocenters. The maximum Gasteiger partial charge on any atom is 0.426 e. The first kappa shape index (κ1) is 29.2. The minimum atomic E-state index is -4.16. The van der Waals surface area contributed by atoms with Crippen LogP contribution < -0.4 is 14.4 Å². The Balaban J connectivity index is 1.40. The number of alkyl halides is 3. The van der Waals surface area contributed by atoms with E-state index in [1.165, 1.54) is 28.9 Å². The molecule has 1 amide bonds. The second-order valence-electron chi connectivity index (χ2n) is 11.1. The highest BCUT2D eigenvalue weighted by Gasteiger charge is 2.57. The quantitative estimate of drug-likeness (QED) is 0.349. The van der Waals surface area contributed by atoms with Crippen LogP contribution in [0.5, 0.6) is 5.88 Å². The largest absolute Gasteiger partial charge is 0.476 e. The number of ether oxygens (including phenoxy) is 1. The van der Waals surface area contributed by atoms with Gasteiger partial charge in [-0.3, -0.25) is 4.79 Å². The Morgan fingerprint density at radius 3 is 2.46 bits per heavy atom. The molecule has 1 N–H and O–H groups in total. The number of halogens is 3. The zero-order valence-corrected chi connectivity index (χ0v) is 24.5. The van der Waals surface area contributed by atoms with Crippen molar-refractivity contribution in [2.24, 2.45) is 5.92 Å². The molecular formula is C27H32F3N5O4S2. The zero-order valence-electron chi connectivity index (χ0n) is 22.9.